The van der Waals surface area contributed by atoms with E-state index < -0.39 is 21.3 Å². The Morgan fingerprint density at radius 1 is 1.12 bits per heavy atom. The number of nitrogens with one attached hydrogen (secondary N) is 1. The van der Waals surface area contributed by atoms with Crippen LogP contribution in [0.25, 0.3) is 0 Å². The van der Waals surface area contributed by atoms with Gasteiger partial charge < -0.3 is 15.0 Å². The molecule has 0 aromatic heterocycles. The van der Waals surface area contributed by atoms with Crippen LogP contribution in [0, 0.1) is 5.41 Å². The number of ether oxygens (including phenoxy) is 1. The standard InChI is InChI=1S/C22H26ClF3N2O3S/c1-21(15-31-2)11-13-28(14-12-21)19-6-4-3-5-18(19)27-20(22(24,25)26)16-7-9-17(10-8-16)32(23,29)30/h3-10,20,27H,11-15H2,1-2H3. The molecule has 0 amide bonds. The minimum absolute atomic E-state index is 0.0482. The number of anilines is 2. The lowest BCUT2D eigenvalue weighted by molar-refractivity contribution is -0.144. The molecule has 1 saturated heterocycles. The van der Waals surface area contributed by atoms with E-state index in [0.29, 0.717) is 31.1 Å². The summed E-state index contributed by atoms with van der Waals surface area (Å²) in [5, 5.41) is 2.63. The zero-order valence-corrected chi connectivity index (χ0v) is 19.4. The number of para-hydroxylation sites is 2. The molecule has 0 bridgehead atoms. The van der Waals surface area contributed by atoms with E-state index >= 15 is 0 Å². The van der Waals surface area contributed by atoms with Crippen molar-refractivity contribution >= 4 is 31.1 Å². The van der Waals surface area contributed by atoms with Gasteiger partial charge in [-0.25, -0.2) is 8.42 Å². The lowest BCUT2D eigenvalue weighted by Gasteiger charge is -2.41. The molecule has 0 aliphatic carbocycles. The van der Waals surface area contributed by atoms with Gasteiger partial charge in [0, 0.05) is 30.9 Å². The molecule has 0 saturated carbocycles. The molecule has 2 aromatic carbocycles. The molecule has 1 heterocycles. The molecule has 0 radical (unpaired) electrons. The number of halogens is 4. The van der Waals surface area contributed by atoms with Crippen LogP contribution in [0.2, 0.25) is 0 Å². The highest BCUT2D eigenvalue weighted by Gasteiger charge is 2.41. The van der Waals surface area contributed by atoms with E-state index in [9.17, 15) is 21.6 Å². The Balaban J connectivity index is 1.86. The van der Waals surface area contributed by atoms with Crippen molar-refractivity contribution < 1.29 is 26.3 Å². The maximum absolute atomic E-state index is 14.0. The van der Waals surface area contributed by atoms with Crippen molar-refractivity contribution in [3.63, 3.8) is 0 Å². The summed E-state index contributed by atoms with van der Waals surface area (Å²) in [6, 6.07) is 9.29. The zero-order chi connectivity index (χ0) is 23.6. The normalized spacial score (nSPS) is 17.8. The van der Waals surface area contributed by atoms with Gasteiger partial charge in [0.1, 0.15) is 6.04 Å². The van der Waals surface area contributed by atoms with Gasteiger partial charge in [0.15, 0.2) is 0 Å². The molecule has 2 aromatic rings. The first kappa shape index (κ1) is 24.7. The average molecular weight is 491 g/mol. The van der Waals surface area contributed by atoms with Gasteiger partial charge in [-0.15, -0.1) is 0 Å². The molecule has 1 unspecified atom stereocenters. The van der Waals surface area contributed by atoms with E-state index in [1.54, 1.807) is 31.4 Å². The molecule has 3 rings (SSSR count). The minimum atomic E-state index is -4.60. The van der Waals surface area contributed by atoms with E-state index in [1.165, 1.54) is 0 Å². The van der Waals surface area contributed by atoms with Crippen LogP contribution >= 0.6 is 10.7 Å². The smallest absolute Gasteiger partial charge is 0.384 e. The maximum atomic E-state index is 14.0. The number of piperidine rings is 1. The fraction of sp³-hybridized carbons (Fsp3) is 0.455. The Labute approximate surface area is 190 Å². The molecule has 1 fully saturated rings. The van der Waals surface area contributed by atoms with Gasteiger partial charge in [-0.05, 0) is 48.1 Å². The van der Waals surface area contributed by atoms with Crippen molar-refractivity contribution in [2.24, 2.45) is 5.41 Å². The molecule has 1 aliphatic rings. The summed E-state index contributed by atoms with van der Waals surface area (Å²) >= 11 is 0. The predicted octanol–water partition coefficient (Wildman–Crippen LogP) is 5.58. The molecule has 1 atom stereocenters. The Morgan fingerprint density at radius 2 is 1.72 bits per heavy atom. The molecule has 5 nitrogen and oxygen atoms in total. The SMILES string of the molecule is COCC1(C)CCN(c2ccccc2NC(c2ccc(S(=O)(=O)Cl)cc2)C(F)(F)F)CC1. The van der Waals surface area contributed by atoms with E-state index in [-0.39, 0.29) is 15.9 Å². The van der Waals surface area contributed by atoms with Gasteiger partial charge in [0.25, 0.3) is 9.05 Å². The largest absolute Gasteiger partial charge is 0.412 e. The first-order valence-corrected chi connectivity index (χ1v) is 12.4. The Hall–Kier alpha value is -1.97. The van der Waals surface area contributed by atoms with Gasteiger partial charge in [-0.3, -0.25) is 0 Å². The molecule has 32 heavy (non-hydrogen) atoms. The minimum Gasteiger partial charge on any atom is -0.384 e. The molecule has 10 heteroatoms. The zero-order valence-electron chi connectivity index (χ0n) is 17.8. The highest BCUT2D eigenvalue weighted by molar-refractivity contribution is 8.13. The fourth-order valence-corrected chi connectivity index (χ4v) is 4.75. The van der Waals surface area contributed by atoms with E-state index in [1.807, 2.05) is 0 Å². The highest BCUT2D eigenvalue weighted by atomic mass is 35.7. The third-order valence-electron chi connectivity index (χ3n) is 5.83. The van der Waals surface area contributed by atoms with Gasteiger partial charge in [-0.1, -0.05) is 31.2 Å². The lowest BCUT2D eigenvalue weighted by Crippen LogP contribution is -2.41. The number of nitrogens with zero attached hydrogens (tertiary/aromatic N) is 1. The van der Waals surface area contributed by atoms with Gasteiger partial charge in [0.2, 0.25) is 0 Å². The summed E-state index contributed by atoms with van der Waals surface area (Å²) in [5.74, 6) is 0. The van der Waals surface area contributed by atoms with Crippen LogP contribution in [-0.4, -0.2) is 41.4 Å². The Bertz CT molecular complexity index is 1020. The average Bonchev–Trinajstić information content (AvgIpc) is 2.72. The fourth-order valence-electron chi connectivity index (χ4n) is 3.98. The number of methoxy groups -OCH3 is 1. The van der Waals surface area contributed by atoms with Crippen LogP contribution in [0.15, 0.2) is 53.4 Å². The monoisotopic (exact) mass is 490 g/mol. The number of benzene rings is 2. The quantitative estimate of drug-likeness (QED) is 0.513. The predicted molar refractivity (Wildman–Crippen MR) is 120 cm³/mol. The molecule has 1 aliphatic heterocycles. The first-order valence-electron chi connectivity index (χ1n) is 10.1. The summed E-state index contributed by atoms with van der Waals surface area (Å²) in [6.07, 6.45) is -2.87. The van der Waals surface area contributed by atoms with Crippen molar-refractivity contribution in [1.82, 2.24) is 0 Å². The van der Waals surface area contributed by atoms with Gasteiger partial charge in [-0.2, -0.15) is 13.2 Å². The maximum Gasteiger partial charge on any atom is 0.412 e. The van der Waals surface area contributed by atoms with Gasteiger partial charge in [0.05, 0.1) is 22.9 Å². The molecule has 176 valence electrons. The van der Waals surface area contributed by atoms with Crippen LogP contribution in [-0.2, 0) is 13.8 Å². The van der Waals surface area contributed by atoms with Crippen molar-refractivity contribution in [2.45, 2.75) is 36.9 Å². The third kappa shape index (κ3) is 5.88. The molecular formula is C22H26ClF3N2O3S. The van der Waals surface area contributed by atoms with Crippen LogP contribution in [0.3, 0.4) is 0 Å². The topological polar surface area (TPSA) is 58.6 Å². The Kier molecular flexibility index (Phi) is 7.31. The number of alkyl halides is 3. The van der Waals surface area contributed by atoms with Crippen molar-refractivity contribution in [2.75, 3.05) is 37.0 Å². The summed E-state index contributed by atoms with van der Waals surface area (Å²) in [6.45, 7) is 4.21. The molecule has 0 spiro atoms. The molecule has 1 N–H and O–H groups in total. The van der Waals surface area contributed by atoms with Crippen LogP contribution in [0.1, 0.15) is 31.4 Å². The van der Waals surface area contributed by atoms with Crippen molar-refractivity contribution in [3.05, 3.63) is 54.1 Å². The summed E-state index contributed by atoms with van der Waals surface area (Å²) in [5.41, 5.74) is 0.996. The first-order chi connectivity index (χ1) is 14.9. The van der Waals surface area contributed by atoms with E-state index in [4.69, 9.17) is 15.4 Å². The second-order valence-electron chi connectivity index (χ2n) is 8.37. The number of rotatable bonds is 7. The number of hydrogen-bond acceptors (Lipinski definition) is 5. The summed E-state index contributed by atoms with van der Waals surface area (Å²) in [4.78, 5) is 1.83. The van der Waals surface area contributed by atoms with E-state index in [2.05, 4.69) is 17.1 Å². The van der Waals surface area contributed by atoms with Crippen LogP contribution < -0.4 is 10.2 Å². The van der Waals surface area contributed by atoms with Crippen LogP contribution in [0.4, 0.5) is 24.5 Å². The number of hydrogen-bond donors (Lipinski definition) is 1. The Morgan fingerprint density at radius 3 is 2.25 bits per heavy atom. The molecular weight excluding hydrogens is 465 g/mol. The second kappa shape index (κ2) is 9.49. The summed E-state index contributed by atoms with van der Waals surface area (Å²) in [7, 11) is 2.93. The second-order valence-corrected chi connectivity index (χ2v) is 10.9. The van der Waals surface area contributed by atoms with Crippen LogP contribution in [0.5, 0.6) is 0 Å². The van der Waals surface area contributed by atoms with E-state index in [0.717, 1.165) is 37.1 Å². The highest BCUT2D eigenvalue weighted by Crippen LogP contribution is 2.40. The lowest BCUT2D eigenvalue weighted by atomic mass is 9.81. The van der Waals surface area contributed by atoms with Crippen molar-refractivity contribution in [3.8, 4) is 0 Å². The summed E-state index contributed by atoms with van der Waals surface area (Å²) < 4.78 is 70.0. The van der Waals surface area contributed by atoms with Crippen molar-refractivity contribution in [1.29, 1.82) is 0 Å². The van der Waals surface area contributed by atoms with Gasteiger partial charge >= 0.3 is 6.18 Å². The third-order valence-corrected chi connectivity index (χ3v) is 7.20.